The number of carbonyl (C=O) groups is 2. The smallest absolute Gasteiger partial charge is 0.295 e. The Bertz CT molecular complexity index is 796. The number of halogens is 1. The largest absolute Gasteiger partial charge is 0.388 e. The van der Waals surface area contributed by atoms with E-state index in [-0.39, 0.29) is 54.8 Å². The molecule has 0 spiro atoms. The van der Waals surface area contributed by atoms with Gasteiger partial charge in [-0.05, 0) is 0 Å². The van der Waals surface area contributed by atoms with Crippen LogP contribution in [0.3, 0.4) is 0 Å². The Balaban J connectivity index is 0.00000312. The number of aromatic nitrogens is 6. The summed E-state index contributed by atoms with van der Waals surface area (Å²) < 4.78 is 2.42. The lowest BCUT2D eigenvalue weighted by Gasteiger charge is -2.02. The average Bonchev–Trinajstić information content (AvgIpc) is 3.00. The van der Waals surface area contributed by atoms with Crippen LogP contribution >= 0.6 is 12.4 Å². The van der Waals surface area contributed by atoms with Crippen LogP contribution in [0.5, 0.6) is 0 Å². The van der Waals surface area contributed by atoms with Crippen molar-refractivity contribution in [1.29, 1.82) is 5.41 Å². The summed E-state index contributed by atoms with van der Waals surface area (Å²) in [5, 5.41) is 19.7. The van der Waals surface area contributed by atoms with Gasteiger partial charge in [-0.2, -0.15) is 9.97 Å². The summed E-state index contributed by atoms with van der Waals surface area (Å²) in [6.45, 7) is 0.195. The van der Waals surface area contributed by atoms with E-state index in [0.717, 1.165) is 0 Å². The van der Waals surface area contributed by atoms with E-state index in [1.807, 2.05) is 0 Å². The number of nitrogen functional groups attached to an aromatic ring is 1. The zero-order valence-corrected chi connectivity index (χ0v) is 14.3. The van der Waals surface area contributed by atoms with E-state index >= 15 is 0 Å². The molecular formula is C11H18ClN11O2. The number of nitrogens with one attached hydrogen (secondary N) is 3. The van der Waals surface area contributed by atoms with Gasteiger partial charge in [0.2, 0.25) is 23.5 Å². The van der Waals surface area contributed by atoms with E-state index in [4.69, 9.17) is 16.9 Å². The molecule has 13 nitrogen and oxygen atoms in total. The molecule has 2 amide bonds. The predicted molar refractivity (Wildman–Crippen MR) is 90.5 cm³/mol. The van der Waals surface area contributed by atoms with Crippen LogP contribution in [0.4, 0.5) is 11.9 Å². The third-order valence-corrected chi connectivity index (χ3v) is 2.85. The average molecular weight is 372 g/mol. The van der Waals surface area contributed by atoms with Gasteiger partial charge in [-0.1, -0.05) is 0 Å². The highest BCUT2D eigenvalue weighted by Gasteiger charge is 2.19. The molecule has 7 N–H and O–H groups in total. The molecule has 0 aliphatic rings. The van der Waals surface area contributed by atoms with Crippen molar-refractivity contribution in [2.75, 3.05) is 17.6 Å². The van der Waals surface area contributed by atoms with Gasteiger partial charge in [0.15, 0.2) is 0 Å². The van der Waals surface area contributed by atoms with Crippen molar-refractivity contribution >= 4 is 42.0 Å². The van der Waals surface area contributed by atoms with Crippen LogP contribution in [0.1, 0.15) is 27.7 Å². The lowest BCUT2D eigenvalue weighted by atomic mass is 10.4. The Kier molecular flexibility index (Phi) is 6.38. The van der Waals surface area contributed by atoms with Crippen molar-refractivity contribution in [1.82, 2.24) is 34.8 Å². The van der Waals surface area contributed by atoms with E-state index in [2.05, 4.69) is 30.8 Å². The number of hydrogen-bond donors (Lipinski definition) is 5. The number of nitrogens with two attached hydrogens (primary N) is 2. The number of hydrogen-bond acceptors (Lipinski definition) is 8. The molecule has 2 aromatic rings. The first-order valence-electron chi connectivity index (χ1n) is 6.78. The molecule has 136 valence electrons. The van der Waals surface area contributed by atoms with Gasteiger partial charge in [-0.3, -0.25) is 20.3 Å². The summed E-state index contributed by atoms with van der Waals surface area (Å²) in [6.07, 6.45) is 0.223. The van der Waals surface area contributed by atoms with Gasteiger partial charge in [-0.25, -0.2) is 9.36 Å². The second-order valence-electron chi connectivity index (χ2n) is 4.79. The highest BCUT2D eigenvalue weighted by atomic mass is 35.5. The molecule has 14 heteroatoms. The molecule has 0 aliphatic heterocycles. The third kappa shape index (κ3) is 4.87. The second kappa shape index (κ2) is 8.05. The lowest BCUT2D eigenvalue weighted by Crippen LogP contribution is -2.29. The highest BCUT2D eigenvalue weighted by Crippen LogP contribution is 2.05. The monoisotopic (exact) mass is 371 g/mol. The number of amides is 2. The molecule has 2 rings (SSSR count). The number of anilines is 2. The van der Waals surface area contributed by atoms with E-state index in [1.165, 1.54) is 23.5 Å². The SMILES string of the molecule is Cl.Cn1nc(NC(=O)c2nc(N)nn2C)nc1C(=O)NCCC(=N)N. The molecule has 2 heterocycles. The summed E-state index contributed by atoms with van der Waals surface area (Å²) in [6, 6.07) is 0. The fourth-order valence-corrected chi connectivity index (χ4v) is 1.78. The maximum absolute atomic E-state index is 12.1. The highest BCUT2D eigenvalue weighted by molar-refractivity contribution is 6.01. The third-order valence-electron chi connectivity index (χ3n) is 2.85. The predicted octanol–water partition coefficient (Wildman–Crippen LogP) is -1.74. The lowest BCUT2D eigenvalue weighted by molar-refractivity contribution is 0.0939. The van der Waals surface area contributed by atoms with E-state index in [0.29, 0.717) is 0 Å². The Labute approximate surface area is 148 Å². The van der Waals surface area contributed by atoms with Crippen molar-refractivity contribution in [2.45, 2.75) is 6.42 Å². The van der Waals surface area contributed by atoms with Gasteiger partial charge in [0, 0.05) is 27.1 Å². The first kappa shape index (κ1) is 19.8. The zero-order chi connectivity index (χ0) is 17.9. The Hall–Kier alpha value is -3.22. The first-order chi connectivity index (χ1) is 11.3. The van der Waals surface area contributed by atoms with Crippen LogP contribution in [0.2, 0.25) is 0 Å². The maximum Gasteiger partial charge on any atom is 0.295 e. The standard InChI is InChI=1S/C11H17N11O2.ClH/c1-21-7(16-10(14)19-21)9(24)18-11-17-6(22(2)20-11)8(23)15-4-3-5(12)13;/h3-4H2,1-2H3,(H3,12,13)(H2,14,19)(H,15,23)(H,18,20,24);1H. The normalized spacial score (nSPS) is 10.0. The van der Waals surface area contributed by atoms with Gasteiger partial charge in [0.25, 0.3) is 11.8 Å². The fourth-order valence-electron chi connectivity index (χ4n) is 1.78. The number of amidine groups is 1. The number of nitrogens with zero attached hydrogens (tertiary/aromatic N) is 6. The van der Waals surface area contributed by atoms with Crippen LogP contribution in [0.15, 0.2) is 0 Å². The molecule has 0 radical (unpaired) electrons. The Morgan fingerprint density at radius 1 is 1.12 bits per heavy atom. The van der Waals surface area contributed by atoms with E-state index in [9.17, 15) is 9.59 Å². The van der Waals surface area contributed by atoms with E-state index in [1.54, 1.807) is 0 Å². The summed E-state index contributed by atoms with van der Waals surface area (Å²) in [7, 11) is 3.01. The second-order valence-corrected chi connectivity index (χ2v) is 4.79. The summed E-state index contributed by atoms with van der Waals surface area (Å²) in [5.41, 5.74) is 10.6. The van der Waals surface area contributed by atoms with Crippen molar-refractivity contribution < 1.29 is 9.59 Å². The molecule has 0 unspecified atom stereocenters. The number of aryl methyl sites for hydroxylation is 2. The minimum atomic E-state index is -0.615. The van der Waals surface area contributed by atoms with Crippen LogP contribution in [0, 0.1) is 5.41 Å². The van der Waals surface area contributed by atoms with Crippen LogP contribution in [0.25, 0.3) is 0 Å². The molecule has 0 saturated heterocycles. The quantitative estimate of drug-likeness (QED) is 0.291. The molecule has 2 aromatic heterocycles. The van der Waals surface area contributed by atoms with Crippen molar-refractivity contribution in [2.24, 2.45) is 19.8 Å². The zero-order valence-electron chi connectivity index (χ0n) is 13.5. The van der Waals surface area contributed by atoms with Crippen LogP contribution in [-0.4, -0.2) is 53.7 Å². The fraction of sp³-hybridized carbons (Fsp3) is 0.364. The topological polar surface area (TPSA) is 196 Å². The molecule has 0 atom stereocenters. The Morgan fingerprint density at radius 3 is 2.28 bits per heavy atom. The molecule has 0 aromatic carbocycles. The summed E-state index contributed by atoms with van der Waals surface area (Å²) >= 11 is 0. The molecule has 0 bridgehead atoms. The van der Waals surface area contributed by atoms with Gasteiger partial charge in [-0.15, -0.1) is 22.6 Å². The van der Waals surface area contributed by atoms with Crippen molar-refractivity contribution in [3.05, 3.63) is 11.6 Å². The number of carbonyl (C=O) groups excluding carboxylic acids is 2. The minimum Gasteiger partial charge on any atom is -0.388 e. The maximum atomic E-state index is 12.1. The van der Waals surface area contributed by atoms with Crippen LogP contribution < -0.4 is 22.1 Å². The van der Waals surface area contributed by atoms with Gasteiger partial charge in [0.1, 0.15) is 0 Å². The van der Waals surface area contributed by atoms with Crippen molar-refractivity contribution in [3.63, 3.8) is 0 Å². The van der Waals surface area contributed by atoms with Gasteiger partial charge < -0.3 is 16.8 Å². The molecule has 0 fully saturated rings. The summed E-state index contributed by atoms with van der Waals surface area (Å²) in [4.78, 5) is 31.8. The van der Waals surface area contributed by atoms with Gasteiger partial charge >= 0.3 is 0 Å². The molecule has 25 heavy (non-hydrogen) atoms. The number of rotatable bonds is 6. The van der Waals surface area contributed by atoms with Gasteiger partial charge in [0.05, 0.1) is 5.84 Å². The first-order valence-corrected chi connectivity index (χ1v) is 6.78. The molecule has 0 saturated carbocycles. The molecular weight excluding hydrogens is 354 g/mol. The molecule has 0 aliphatic carbocycles. The van der Waals surface area contributed by atoms with Crippen molar-refractivity contribution in [3.8, 4) is 0 Å². The van der Waals surface area contributed by atoms with E-state index < -0.39 is 11.8 Å². The Morgan fingerprint density at radius 2 is 1.72 bits per heavy atom. The minimum absolute atomic E-state index is 0. The van der Waals surface area contributed by atoms with Crippen LogP contribution in [-0.2, 0) is 14.1 Å². The summed E-state index contributed by atoms with van der Waals surface area (Å²) in [5.74, 6) is -1.30.